The molecule has 0 bridgehead atoms. The third kappa shape index (κ3) is 6.72. The summed E-state index contributed by atoms with van der Waals surface area (Å²) in [5.74, 6) is -1.39. The highest BCUT2D eigenvalue weighted by Crippen LogP contribution is 2.37. The van der Waals surface area contributed by atoms with Crippen LogP contribution in [0, 0.1) is 5.92 Å². The molecular formula is C28H33F3N4O5S. The van der Waals surface area contributed by atoms with Crippen molar-refractivity contribution >= 4 is 27.9 Å². The zero-order valence-corrected chi connectivity index (χ0v) is 23.4. The van der Waals surface area contributed by atoms with Gasteiger partial charge in [0.15, 0.2) is 0 Å². The highest BCUT2D eigenvalue weighted by atomic mass is 32.2. The molecule has 0 saturated carbocycles. The maximum atomic E-state index is 14.0. The van der Waals surface area contributed by atoms with Gasteiger partial charge in [-0.25, -0.2) is 17.9 Å². The first-order valence-electron chi connectivity index (χ1n) is 13.5. The zero-order valence-electron chi connectivity index (χ0n) is 22.6. The second kappa shape index (κ2) is 12.2. The number of imide groups is 1. The number of halogens is 3. The Kier molecular flexibility index (Phi) is 9.07. The number of nitrogens with one attached hydrogen (secondary N) is 1. The number of rotatable bonds is 8. The van der Waals surface area contributed by atoms with Crippen LogP contribution in [0.1, 0.15) is 51.0 Å². The largest absolute Gasteiger partial charge is 0.417 e. The first-order valence-corrected chi connectivity index (χ1v) is 15.0. The molecular weight excluding hydrogens is 561 g/mol. The molecule has 222 valence electrons. The number of hydrogen-bond acceptors (Lipinski definition) is 5. The number of nitrogens with zero attached hydrogens (tertiary/aromatic N) is 2. The lowest BCUT2D eigenvalue weighted by atomic mass is 9.97. The number of alkyl halides is 3. The van der Waals surface area contributed by atoms with Crippen molar-refractivity contribution in [3.05, 3.63) is 54.1 Å². The topological polar surface area (TPSA) is 130 Å². The Balaban J connectivity index is 1.45. The molecule has 0 aromatic heterocycles. The molecule has 2 aromatic carbocycles. The maximum Gasteiger partial charge on any atom is 0.417 e. The summed E-state index contributed by atoms with van der Waals surface area (Å²) >= 11 is 0. The smallest absolute Gasteiger partial charge is 0.351 e. The van der Waals surface area contributed by atoms with Gasteiger partial charge in [0, 0.05) is 25.0 Å². The van der Waals surface area contributed by atoms with Crippen molar-refractivity contribution < 1.29 is 36.0 Å². The summed E-state index contributed by atoms with van der Waals surface area (Å²) in [5, 5.41) is 0. The van der Waals surface area contributed by atoms with Crippen LogP contribution in [0.2, 0.25) is 0 Å². The Bertz CT molecular complexity index is 1390. The van der Waals surface area contributed by atoms with E-state index >= 15 is 0 Å². The standard InChI is InChI=1S/C28H33F3N4O5S/c1-2-3-7-20-17-23(35(25(20)36)27(32)38)26(37)34-14-12-21(13-15-34)33-41(39,40)24-11-10-19(16-22(24)28(29,30)31)18-8-5-4-6-9-18/h4-6,8-11,16,20-21,23,33H,2-3,7,12-15,17H2,1H3,(H2,32,38). The van der Waals surface area contributed by atoms with Crippen LogP contribution in [0.3, 0.4) is 0 Å². The molecule has 2 saturated heterocycles. The molecule has 41 heavy (non-hydrogen) atoms. The highest BCUT2D eigenvalue weighted by Gasteiger charge is 2.47. The quantitative estimate of drug-likeness (QED) is 0.475. The number of nitrogens with two attached hydrogens (primary N) is 1. The summed E-state index contributed by atoms with van der Waals surface area (Å²) in [6, 6.07) is 8.72. The average molecular weight is 595 g/mol. The summed E-state index contributed by atoms with van der Waals surface area (Å²) in [7, 11) is -4.56. The normalized spacial score (nSPS) is 20.4. The SMILES string of the molecule is CCCCC1CC(C(=O)N2CCC(NS(=O)(=O)c3ccc(-c4ccccc4)cc3C(F)(F)F)CC2)N(C(N)=O)C1=O. The van der Waals surface area contributed by atoms with Gasteiger partial charge < -0.3 is 10.6 Å². The van der Waals surface area contributed by atoms with Crippen LogP contribution in [0.4, 0.5) is 18.0 Å². The summed E-state index contributed by atoms with van der Waals surface area (Å²) in [4.78, 5) is 39.3. The number of piperidine rings is 1. The van der Waals surface area contributed by atoms with Crippen molar-refractivity contribution in [3.8, 4) is 11.1 Å². The molecule has 2 heterocycles. The Labute approximate surface area is 236 Å². The van der Waals surface area contributed by atoms with Gasteiger partial charge in [-0.15, -0.1) is 0 Å². The Hall–Kier alpha value is -3.45. The Morgan fingerprint density at radius 3 is 2.29 bits per heavy atom. The molecule has 0 spiro atoms. The van der Waals surface area contributed by atoms with Gasteiger partial charge in [0.05, 0.1) is 10.5 Å². The number of amides is 4. The van der Waals surface area contributed by atoms with E-state index in [1.807, 2.05) is 6.92 Å². The van der Waals surface area contributed by atoms with E-state index in [-0.39, 0.29) is 37.9 Å². The molecule has 2 aliphatic heterocycles. The van der Waals surface area contributed by atoms with Crippen molar-refractivity contribution in [2.75, 3.05) is 13.1 Å². The van der Waals surface area contributed by atoms with Crippen molar-refractivity contribution in [3.63, 3.8) is 0 Å². The first kappa shape index (κ1) is 30.5. The number of unbranched alkanes of at least 4 members (excludes halogenated alkanes) is 1. The van der Waals surface area contributed by atoms with Crippen molar-refractivity contribution in [1.29, 1.82) is 0 Å². The van der Waals surface area contributed by atoms with Crippen molar-refractivity contribution in [2.45, 2.75) is 68.6 Å². The van der Waals surface area contributed by atoms with Crippen LogP contribution in [0.25, 0.3) is 11.1 Å². The Morgan fingerprint density at radius 2 is 1.71 bits per heavy atom. The van der Waals surface area contributed by atoms with E-state index < -0.39 is 62.5 Å². The first-order chi connectivity index (χ1) is 19.3. The van der Waals surface area contributed by atoms with Crippen molar-refractivity contribution in [2.24, 2.45) is 11.7 Å². The molecule has 4 amide bonds. The summed E-state index contributed by atoms with van der Waals surface area (Å²) in [6.07, 6.45) is -2.30. The molecule has 2 aromatic rings. The van der Waals surface area contributed by atoms with Crippen LogP contribution in [-0.4, -0.2) is 61.2 Å². The van der Waals surface area contributed by atoms with Gasteiger partial charge in [0.2, 0.25) is 21.8 Å². The van der Waals surface area contributed by atoms with Crippen molar-refractivity contribution in [1.82, 2.24) is 14.5 Å². The highest BCUT2D eigenvalue weighted by molar-refractivity contribution is 7.89. The van der Waals surface area contributed by atoms with E-state index in [1.54, 1.807) is 30.3 Å². The molecule has 3 N–H and O–H groups in total. The number of likely N-dealkylation sites (tertiary alicyclic amines) is 2. The predicted molar refractivity (Wildman–Crippen MR) is 145 cm³/mol. The second-order valence-corrected chi connectivity index (χ2v) is 12.1. The minimum Gasteiger partial charge on any atom is -0.351 e. The second-order valence-electron chi connectivity index (χ2n) is 10.4. The van der Waals surface area contributed by atoms with E-state index in [2.05, 4.69) is 4.72 Å². The minimum atomic E-state index is -4.91. The van der Waals surface area contributed by atoms with Gasteiger partial charge in [-0.1, -0.05) is 56.2 Å². The third-order valence-electron chi connectivity index (χ3n) is 7.64. The molecule has 2 fully saturated rings. The van der Waals surface area contributed by atoms with Gasteiger partial charge in [-0.05, 0) is 48.9 Å². The number of primary amides is 1. The molecule has 0 aliphatic carbocycles. The van der Waals surface area contributed by atoms with E-state index in [9.17, 15) is 36.0 Å². The van der Waals surface area contributed by atoms with Crippen LogP contribution < -0.4 is 10.5 Å². The van der Waals surface area contributed by atoms with Crippen LogP contribution >= 0.6 is 0 Å². The number of benzene rings is 2. The number of sulfonamides is 1. The summed E-state index contributed by atoms with van der Waals surface area (Å²) < 4.78 is 70.5. The number of hydrogen-bond donors (Lipinski definition) is 2. The predicted octanol–water partition coefficient (Wildman–Crippen LogP) is 4.13. The van der Waals surface area contributed by atoms with Crippen LogP contribution in [-0.2, 0) is 25.8 Å². The van der Waals surface area contributed by atoms with E-state index in [0.717, 1.165) is 29.9 Å². The lowest BCUT2D eigenvalue weighted by molar-refractivity contribution is -0.140. The van der Waals surface area contributed by atoms with E-state index in [0.29, 0.717) is 12.0 Å². The summed E-state index contributed by atoms with van der Waals surface area (Å²) in [5.41, 5.74) is 4.89. The monoisotopic (exact) mass is 594 g/mol. The van der Waals surface area contributed by atoms with Gasteiger partial charge >= 0.3 is 12.2 Å². The van der Waals surface area contributed by atoms with Gasteiger partial charge in [-0.2, -0.15) is 13.2 Å². The molecule has 9 nitrogen and oxygen atoms in total. The minimum absolute atomic E-state index is 0.0992. The number of carbonyl (C=O) groups excluding carboxylic acids is 3. The van der Waals surface area contributed by atoms with E-state index in [1.165, 1.54) is 11.0 Å². The molecule has 0 radical (unpaired) electrons. The molecule has 2 aliphatic rings. The lowest BCUT2D eigenvalue weighted by Gasteiger charge is -2.35. The fourth-order valence-electron chi connectivity index (χ4n) is 5.50. The number of carbonyl (C=O) groups is 3. The maximum absolute atomic E-state index is 14.0. The average Bonchev–Trinajstić information content (AvgIpc) is 3.27. The lowest BCUT2D eigenvalue weighted by Crippen LogP contribution is -2.54. The fourth-order valence-corrected chi connectivity index (χ4v) is 7.01. The molecule has 2 atom stereocenters. The Morgan fingerprint density at radius 1 is 1.05 bits per heavy atom. The van der Waals surface area contributed by atoms with Crippen LogP contribution in [0.5, 0.6) is 0 Å². The molecule has 2 unspecified atom stereocenters. The van der Waals surface area contributed by atoms with Gasteiger partial charge in [0.1, 0.15) is 6.04 Å². The summed E-state index contributed by atoms with van der Waals surface area (Å²) in [6.45, 7) is 2.17. The molecule has 13 heteroatoms. The number of urea groups is 1. The third-order valence-corrected chi connectivity index (χ3v) is 9.22. The fraction of sp³-hybridized carbons (Fsp3) is 0.464. The van der Waals surface area contributed by atoms with Crippen LogP contribution in [0.15, 0.2) is 53.4 Å². The molecule has 4 rings (SSSR count). The zero-order chi connectivity index (χ0) is 29.9. The van der Waals surface area contributed by atoms with E-state index in [4.69, 9.17) is 5.73 Å². The van der Waals surface area contributed by atoms with Gasteiger partial charge in [0.25, 0.3) is 0 Å². The van der Waals surface area contributed by atoms with Gasteiger partial charge in [-0.3, -0.25) is 14.5 Å².